The first kappa shape index (κ1) is 26.7. The molecule has 0 fully saturated rings. The minimum absolute atomic E-state index is 0.126. The van der Waals surface area contributed by atoms with Crippen LogP contribution in [0.2, 0.25) is 0 Å². The molecule has 0 aromatic heterocycles. The number of benzene rings is 3. The summed E-state index contributed by atoms with van der Waals surface area (Å²) >= 11 is 0. The van der Waals surface area contributed by atoms with Crippen molar-refractivity contribution in [3.63, 3.8) is 0 Å². The molecule has 0 saturated heterocycles. The van der Waals surface area contributed by atoms with Crippen LogP contribution in [0.15, 0.2) is 78.9 Å². The molecule has 1 atom stereocenters. The maximum atomic E-state index is 13.6. The average molecular weight is 493 g/mol. The molecule has 190 valence electrons. The third kappa shape index (κ3) is 7.83. The topological polar surface area (TPSA) is 67.9 Å². The van der Waals surface area contributed by atoms with Crippen LogP contribution in [0.4, 0.5) is 4.39 Å². The van der Waals surface area contributed by atoms with Crippen LogP contribution in [0.3, 0.4) is 0 Å². The zero-order valence-electron chi connectivity index (χ0n) is 20.9. The van der Waals surface area contributed by atoms with Gasteiger partial charge in [-0.05, 0) is 41.3 Å². The van der Waals surface area contributed by atoms with E-state index in [1.54, 1.807) is 30.3 Å². The molecule has 1 N–H and O–H groups in total. The van der Waals surface area contributed by atoms with Crippen molar-refractivity contribution in [3.8, 4) is 11.5 Å². The van der Waals surface area contributed by atoms with Gasteiger partial charge in [0.1, 0.15) is 11.9 Å². The van der Waals surface area contributed by atoms with Gasteiger partial charge in [0.2, 0.25) is 5.91 Å². The molecule has 3 rings (SSSR count). The van der Waals surface area contributed by atoms with E-state index in [0.717, 1.165) is 5.56 Å². The molecule has 0 spiro atoms. The van der Waals surface area contributed by atoms with Crippen molar-refractivity contribution >= 4 is 11.8 Å². The van der Waals surface area contributed by atoms with E-state index in [1.165, 1.54) is 24.1 Å². The molecule has 36 heavy (non-hydrogen) atoms. The van der Waals surface area contributed by atoms with E-state index >= 15 is 0 Å². The summed E-state index contributed by atoms with van der Waals surface area (Å²) in [5, 5.41) is 2.97. The van der Waals surface area contributed by atoms with Gasteiger partial charge < -0.3 is 19.7 Å². The molecule has 3 aromatic carbocycles. The second kappa shape index (κ2) is 13.3. The number of nitrogens with zero attached hydrogens (tertiary/aromatic N) is 1. The fourth-order valence-corrected chi connectivity index (χ4v) is 3.72. The first-order valence-electron chi connectivity index (χ1n) is 12.0. The lowest BCUT2D eigenvalue weighted by Gasteiger charge is -2.31. The van der Waals surface area contributed by atoms with Gasteiger partial charge in [-0.3, -0.25) is 9.59 Å². The highest BCUT2D eigenvalue weighted by Gasteiger charge is 2.31. The number of halogens is 1. The van der Waals surface area contributed by atoms with Crippen LogP contribution < -0.4 is 14.8 Å². The molecule has 2 amide bonds. The van der Waals surface area contributed by atoms with Gasteiger partial charge in [-0.2, -0.15) is 0 Å². The monoisotopic (exact) mass is 492 g/mol. The maximum absolute atomic E-state index is 13.6. The normalized spacial score (nSPS) is 11.6. The number of hydrogen-bond acceptors (Lipinski definition) is 4. The highest BCUT2D eigenvalue weighted by atomic mass is 19.1. The van der Waals surface area contributed by atoms with Crippen LogP contribution >= 0.6 is 0 Å². The predicted molar refractivity (Wildman–Crippen MR) is 137 cm³/mol. The van der Waals surface area contributed by atoms with Gasteiger partial charge in [0.15, 0.2) is 18.1 Å². The molecule has 0 heterocycles. The second-order valence-electron chi connectivity index (χ2n) is 8.93. The highest BCUT2D eigenvalue weighted by Crippen LogP contribution is 2.26. The lowest BCUT2D eigenvalue weighted by molar-refractivity contribution is -0.142. The first-order chi connectivity index (χ1) is 17.4. The standard InChI is InChI=1S/C29H33FN2O4/c1-21(2)18-31-29(34)25(17-22-9-5-4-6-10-22)32(19-23-13-15-24(30)16-14-23)28(33)20-36-27-12-8-7-11-26(27)35-3/h4-16,21,25H,17-20H2,1-3H3,(H,31,34). The number of amides is 2. The molecule has 0 radical (unpaired) electrons. The Labute approximate surface area is 212 Å². The number of rotatable bonds is 12. The highest BCUT2D eigenvalue weighted by molar-refractivity contribution is 5.88. The van der Waals surface area contributed by atoms with Crippen molar-refractivity contribution in [1.29, 1.82) is 0 Å². The fourth-order valence-electron chi connectivity index (χ4n) is 3.72. The number of para-hydroxylation sites is 2. The Kier molecular flexibility index (Phi) is 9.86. The lowest BCUT2D eigenvalue weighted by atomic mass is 10.0. The molecule has 0 bridgehead atoms. The zero-order valence-corrected chi connectivity index (χ0v) is 20.9. The quantitative estimate of drug-likeness (QED) is 0.401. The molecule has 0 aliphatic rings. The SMILES string of the molecule is COc1ccccc1OCC(=O)N(Cc1ccc(F)cc1)C(Cc1ccccc1)C(=O)NCC(C)C. The zero-order chi connectivity index (χ0) is 25.9. The Balaban J connectivity index is 1.90. The van der Waals surface area contributed by atoms with Gasteiger partial charge in [0.05, 0.1) is 7.11 Å². The summed E-state index contributed by atoms with van der Waals surface area (Å²) in [5.41, 5.74) is 1.63. The number of hydrogen-bond donors (Lipinski definition) is 1. The van der Waals surface area contributed by atoms with Crippen LogP contribution in [-0.4, -0.2) is 43.0 Å². The van der Waals surface area contributed by atoms with Crippen molar-refractivity contribution in [2.75, 3.05) is 20.3 Å². The third-order valence-electron chi connectivity index (χ3n) is 5.64. The number of nitrogens with one attached hydrogen (secondary N) is 1. The number of carbonyl (C=O) groups excluding carboxylic acids is 2. The summed E-state index contributed by atoms with van der Waals surface area (Å²) in [6, 6.07) is 21.7. The molecule has 3 aromatic rings. The van der Waals surface area contributed by atoms with Crippen LogP contribution in [0.25, 0.3) is 0 Å². The van der Waals surface area contributed by atoms with Crippen LogP contribution in [-0.2, 0) is 22.6 Å². The van der Waals surface area contributed by atoms with Crippen LogP contribution in [0.5, 0.6) is 11.5 Å². The minimum atomic E-state index is -0.787. The Morgan fingerprint density at radius 2 is 1.53 bits per heavy atom. The molecule has 0 aliphatic heterocycles. The van der Waals surface area contributed by atoms with Gasteiger partial charge in [-0.1, -0.05) is 68.4 Å². The largest absolute Gasteiger partial charge is 0.493 e. The van der Waals surface area contributed by atoms with Crippen molar-refractivity contribution < 1.29 is 23.5 Å². The van der Waals surface area contributed by atoms with Crippen molar-refractivity contribution in [2.45, 2.75) is 32.9 Å². The summed E-state index contributed by atoms with van der Waals surface area (Å²) in [5.74, 6) is 0.198. The smallest absolute Gasteiger partial charge is 0.261 e. The maximum Gasteiger partial charge on any atom is 0.261 e. The fraction of sp³-hybridized carbons (Fsp3) is 0.310. The Bertz CT molecular complexity index is 1120. The van der Waals surface area contributed by atoms with E-state index in [2.05, 4.69) is 5.32 Å². The van der Waals surface area contributed by atoms with E-state index in [0.29, 0.717) is 30.0 Å². The van der Waals surface area contributed by atoms with Gasteiger partial charge in [-0.15, -0.1) is 0 Å². The van der Waals surface area contributed by atoms with Crippen LogP contribution in [0.1, 0.15) is 25.0 Å². The van der Waals surface area contributed by atoms with Crippen molar-refractivity contribution in [3.05, 3.63) is 95.8 Å². The van der Waals surface area contributed by atoms with E-state index in [1.807, 2.05) is 50.2 Å². The van der Waals surface area contributed by atoms with Gasteiger partial charge >= 0.3 is 0 Å². The van der Waals surface area contributed by atoms with Gasteiger partial charge in [-0.25, -0.2) is 4.39 Å². The van der Waals surface area contributed by atoms with Crippen LogP contribution in [0, 0.1) is 11.7 Å². The second-order valence-corrected chi connectivity index (χ2v) is 8.93. The average Bonchev–Trinajstić information content (AvgIpc) is 2.89. The first-order valence-corrected chi connectivity index (χ1v) is 12.0. The molecule has 6 nitrogen and oxygen atoms in total. The summed E-state index contributed by atoms with van der Waals surface area (Å²) in [6.07, 6.45) is 0.326. The number of methoxy groups -OCH3 is 1. The minimum Gasteiger partial charge on any atom is -0.493 e. The third-order valence-corrected chi connectivity index (χ3v) is 5.64. The molecular formula is C29H33FN2O4. The van der Waals surface area contributed by atoms with E-state index in [-0.39, 0.29) is 36.7 Å². The van der Waals surface area contributed by atoms with E-state index < -0.39 is 6.04 Å². The van der Waals surface area contributed by atoms with E-state index in [4.69, 9.17) is 9.47 Å². The van der Waals surface area contributed by atoms with Gasteiger partial charge in [0, 0.05) is 19.5 Å². The molecule has 7 heteroatoms. The Hall–Kier alpha value is -3.87. The molecule has 1 unspecified atom stereocenters. The van der Waals surface area contributed by atoms with Gasteiger partial charge in [0.25, 0.3) is 5.91 Å². The number of ether oxygens (including phenoxy) is 2. The van der Waals surface area contributed by atoms with Crippen molar-refractivity contribution in [2.24, 2.45) is 5.92 Å². The Morgan fingerprint density at radius 3 is 2.17 bits per heavy atom. The Morgan fingerprint density at radius 1 is 0.889 bits per heavy atom. The molecule has 0 saturated carbocycles. The molecular weight excluding hydrogens is 459 g/mol. The summed E-state index contributed by atoms with van der Waals surface area (Å²) in [7, 11) is 1.53. The summed E-state index contributed by atoms with van der Waals surface area (Å²) in [4.78, 5) is 28.5. The lowest BCUT2D eigenvalue weighted by Crippen LogP contribution is -2.52. The number of carbonyl (C=O) groups is 2. The van der Waals surface area contributed by atoms with E-state index in [9.17, 15) is 14.0 Å². The summed E-state index contributed by atoms with van der Waals surface area (Å²) < 4.78 is 24.6. The molecule has 0 aliphatic carbocycles. The predicted octanol–water partition coefficient (Wildman–Crippen LogP) is 4.63. The summed E-state index contributed by atoms with van der Waals surface area (Å²) in [6.45, 7) is 4.34. The van der Waals surface area contributed by atoms with Crippen molar-refractivity contribution in [1.82, 2.24) is 10.2 Å².